The first-order valence-corrected chi connectivity index (χ1v) is 9.61. The number of nitrogens with zero attached hydrogens (tertiary/aromatic N) is 3. The number of hydrogen-bond acceptors (Lipinski definition) is 3. The number of carbonyl (C=O) groups is 1. The zero-order chi connectivity index (χ0) is 18.3. The standard InChI is InChI=1S/C21H27N3O2/c1-14(2)26-20-8-4-16(5-9-20)21(25)24-17-6-7-18(24)11-19(10-17)23-13-15(3)12-22-23/h4-5,8-9,12-14,17-19H,6-7,10-11H2,1-3H3. The molecule has 4 rings (SSSR count). The normalized spacial score (nSPS) is 24.9. The number of fused-ring (bicyclic) bond motifs is 2. The number of rotatable bonds is 4. The summed E-state index contributed by atoms with van der Waals surface area (Å²) in [4.78, 5) is 15.2. The van der Waals surface area contributed by atoms with Crippen LogP contribution in [-0.4, -0.2) is 38.8 Å². The molecule has 138 valence electrons. The van der Waals surface area contributed by atoms with Crippen molar-refractivity contribution in [2.24, 2.45) is 0 Å². The molecular formula is C21H27N3O2. The molecule has 3 heterocycles. The molecule has 1 aromatic carbocycles. The number of aromatic nitrogens is 2. The maximum absolute atomic E-state index is 13.1. The van der Waals surface area contributed by atoms with Gasteiger partial charge in [0, 0.05) is 23.8 Å². The monoisotopic (exact) mass is 353 g/mol. The van der Waals surface area contributed by atoms with Crippen LogP contribution >= 0.6 is 0 Å². The zero-order valence-corrected chi connectivity index (χ0v) is 15.8. The van der Waals surface area contributed by atoms with Crippen LogP contribution in [0.4, 0.5) is 0 Å². The third kappa shape index (κ3) is 3.22. The lowest BCUT2D eigenvalue weighted by atomic mass is 9.96. The Balaban J connectivity index is 1.48. The summed E-state index contributed by atoms with van der Waals surface area (Å²) in [6.45, 7) is 6.08. The molecule has 0 spiro atoms. The van der Waals surface area contributed by atoms with Crippen molar-refractivity contribution in [1.29, 1.82) is 0 Å². The Hall–Kier alpha value is -2.30. The minimum atomic E-state index is 0.136. The fraction of sp³-hybridized carbons (Fsp3) is 0.524. The average Bonchev–Trinajstić information content (AvgIpc) is 3.15. The number of amides is 1. The molecule has 2 fully saturated rings. The van der Waals surface area contributed by atoms with E-state index < -0.39 is 0 Å². The molecular weight excluding hydrogens is 326 g/mol. The minimum absolute atomic E-state index is 0.136. The van der Waals surface area contributed by atoms with Gasteiger partial charge in [-0.1, -0.05) is 0 Å². The van der Waals surface area contributed by atoms with Gasteiger partial charge in [0.1, 0.15) is 5.75 Å². The minimum Gasteiger partial charge on any atom is -0.491 e. The van der Waals surface area contributed by atoms with Crippen LogP contribution in [0.3, 0.4) is 0 Å². The van der Waals surface area contributed by atoms with Gasteiger partial charge in [0.15, 0.2) is 0 Å². The largest absolute Gasteiger partial charge is 0.491 e. The molecule has 2 aliphatic heterocycles. The third-order valence-electron chi connectivity index (χ3n) is 5.52. The van der Waals surface area contributed by atoms with Gasteiger partial charge in [-0.15, -0.1) is 0 Å². The van der Waals surface area contributed by atoms with E-state index in [0.29, 0.717) is 18.1 Å². The Kier molecular flexibility index (Phi) is 4.47. The van der Waals surface area contributed by atoms with E-state index in [2.05, 4.69) is 27.8 Å². The molecule has 0 radical (unpaired) electrons. The van der Waals surface area contributed by atoms with Gasteiger partial charge in [-0.3, -0.25) is 9.48 Å². The molecule has 0 N–H and O–H groups in total. The first kappa shape index (κ1) is 17.1. The van der Waals surface area contributed by atoms with Crippen molar-refractivity contribution in [3.05, 3.63) is 47.8 Å². The first-order chi connectivity index (χ1) is 12.5. The van der Waals surface area contributed by atoms with E-state index in [4.69, 9.17) is 4.74 Å². The second kappa shape index (κ2) is 6.78. The summed E-state index contributed by atoms with van der Waals surface area (Å²) >= 11 is 0. The summed E-state index contributed by atoms with van der Waals surface area (Å²) in [7, 11) is 0. The second-order valence-corrected chi connectivity index (χ2v) is 7.91. The Morgan fingerprint density at radius 1 is 1.12 bits per heavy atom. The topological polar surface area (TPSA) is 47.4 Å². The van der Waals surface area contributed by atoms with Crippen molar-refractivity contribution in [1.82, 2.24) is 14.7 Å². The third-order valence-corrected chi connectivity index (χ3v) is 5.52. The number of ether oxygens (including phenoxy) is 1. The molecule has 2 atom stereocenters. The van der Waals surface area contributed by atoms with Crippen LogP contribution in [0.2, 0.25) is 0 Å². The molecule has 5 heteroatoms. The van der Waals surface area contributed by atoms with Gasteiger partial charge in [-0.25, -0.2) is 0 Å². The highest BCUT2D eigenvalue weighted by Gasteiger charge is 2.44. The molecule has 0 aliphatic carbocycles. The fourth-order valence-electron chi connectivity index (χ4n) is 4.43. The smallest absolute Gasteiger partial charge is 0.254 e. The summed E-state index contributed by atoms with van der Waals surface area (Å²) in [6, 6.07) is 8.63. The molecule has 2 aliphatic rings. The molecule has 2 saturated heterocycles. The summed E-state index contributed by atoms with van der Waals surface area (Å²) in [5.41, 5.74) is 1.95. The predicted octanol–water partition coefficient (Wildman–Crippen LogP) is 3.99. The zero-order valence-electron chi connectivity index (χ0n) is 15.8. The van der Waals surface area contributed by atoms with E-state index in [9.17, 15) is 4.79 Å². The Morgan fingerprint density at radius 3 is 2.31 bits per heavy atom. The summed E-state index contributed by atoms with van der Waals surface area (Å²) in [5, 5.41) is 4.50. The van der Waals surface area contributed by atoms with Crippen LogP contribution in [0.1, 0.15) is 61.5 Å². The molecule has 1 aromatic heterocycles. The number of aryl methyl sites for hydroxylation is 1. The Bertz CT molecular complexity index is 767. The second-order valence-electron chi connectivity index (χ2n) is 7.91. The number of piperidine rings is 1. The van der Waals surface area contributed by atoms with Crippen LogP contribution in [-0.2, 0) is 0 Å². The highest BCUT2D eigenvalue weighted by Crippen LogP contribution is 2.41. The lowest BCUT2D eigenvalue weighted by Crippen LogP contribution is -2.47. The molecule has 2 bridgehead atoms. The van der Waals surface area contributed by atoms with Gasteiger partial charge in [0.05, 0.1) is 18.3 Å². The molecule has 2 unspecified atom stereocenters. The summed E-state index contributed by atoms with van der Waals surface area (Å²) in [6.07, 6.45) is 8.37. The number of hydrogen-bond donors (Lipinski definition) is 0. The van der Waals surface area contributed by atoms with Crippen molar-refractivity contribution in [3.8, 4) is 5.75 Å². The molecule has 1 amide bonds. The molecule has 0 saturated carbocycles. The van der Waals surface area contributed by atoms with E-state index in [1.54, 1.807) is 0 Å². The van der Waals surface area contributed by atoms with Crippen molar-refractivity contribution in [3.63, 3.8) is 0 Å². The Morgan fingerprint density at radius 2 is 1.77 bits per heavy atom. The van der Waals surface area contributed by atoms with Crippen molar-refractivity contribution < 1.29 is 9.53 Å². The lowest BCUT2D eigenvalue weighted by Gasteiger charge is -2.39. The lowest BCUT2D eigenvalue weighted by molar-refractivity contribution is 0.0524. The van der Waals surface area contributed by atoms with Crippen molar-refractivity contribution >= 4 is 5.91 Å². The van der Waals surface area contributed by atoms with Gasteiger partial charge >= 0.3 is 0 Å². The Labute approximate surface area is 154 Å². The average molecular weight is 353 g/mol. The van der Waals surface area contributed by atoms with Crippen molar-refractivity contribution in [2.75, 3.05) is 0 Å². The van der Waals surface area contributed by atoms with Gasteiger partial charge < -0.3 is 9.64 Å². The van der Waals surface area contributed by atoms with Crippen LogP contribution < -0.4 is 4.74 Å². The fourth-order valence-corrected chi connectivity index (χ4v) is 4.43. The van der Waals surface area contributed by atoms with E-state index >= 15 is 0 Å². The summed E-state index contributed by atoms with van der Waals surface area (Å²) in [5.74, 6) is 0.968. The number of benzene rings is 1. The van der Waals surface area contributed by atoms with Gasteiger partial charge in [0.25, 0.3) is 5.91 Å². The number of carbonyl (C=O) groups excluding carboxylic acids is 1. The van der Waals surface area contributed by atoms with Crippen LogP contribution in [0.25, 0.3) is 0 Å². The summed E-state index contributed by atoms with van der Waals surface area (Å²) < 4.78 is 7.78. The molecule has 26 heavy (non-hydrogen) atoms. The van der Waals surface area contributed by atoms with Gasteiger partial charge in [-0.05, 0) is 76.3 Å². The van der Waals surface area contributed by atoms with E-state index in [-0.39, 0.29) is 12.0 Å². The van der Waals surface area contributed by atoms with Crippen LogP contribution in [0.5, 0.6) is 5.75 Å². The maximum Gasteiger partial charge on any atom is 0.254 e. The van der Waals surface area contributed by atoms with Crippen LogP contribution in [0, 0.1) is 6.92 Å². The maximum atomic E-state index is 13.1. The van der Waals surface area contributed by atoms with Gasteiger partial charge in [0.2, 0.25) is 0 Å². The molecule has 2 aromatic rings. The first-order valence-electron chi connectivity index (χ1n) is 9.61. The van der Waals surface area contributed by atoms with E-state index in [1.165, 1.54) is 5.56 Å². The highest BCUT2D eigenvalue weighted by atomic mass is 16.5. The van der Waals surface area contributed by atoms with Crippen LogP contribution in [0.15, 0.2) is 36.7 Å². The van der Waals surface area contributed by atoms with Crippen molar-refractivity contribution in [2.45, 2.75) is 70.7 Å². The SMILES string of the molecule is Cc1cnn(C2CC3CCC(C2)N3C(=O)c2ccc(OC(C)C)cc2)c1. The van der Waals surface area contributed by atoms with Gasteiger partial charge in [-0.2, -0.15) is 5.10 Å². The van der Waals surface area contributed by atoms with E-state index in [1.807, 2.05) is 44.3 Å². The highest BCUT2D eigenvalue weighted by molar-refractivity contribution is 5.95. The quantitative estimate of drug-likeness (QED) is 0.835. The predicted molar refractivity (Wildman–Crippen MR) is 100 cm³/mol. The van der Waals surface area contributed by atoms with E-state index in [0.717, 1.165) is 37.0 Å². The molecule has 5 nitrogen and oxygen atoms in total.